The summed E-state index contributed by atoms with van der Waals surface area (Å²) in [6, 6.07) is 15.0. The molecule has 0 fully saturated rings. The summed E-state index contributed by atoms with van der Waals surface area (Å²) >= 11 is 0. The highest BCUT2D eigenvalue weighted by atomic mass is 16.3. The first-order valence-electron chi connectivity index (χ1n) is 5.83. The van der Waals surface area contributed by atoms with E-state index in [1.165, 1.54) is 4.90 Å². The topological polar surface area (TPSA) is 40.5 Å². The summed E-state index contributed by atoms with van der Waals surface area (Å²) in [5.41, 5.74) is 3.18. The van der Waals surface area contributed by atoms with Crippen molar-refractivity contribution in [2.24, 2.45) is 0 Å². The van der Waals surface area contributed by atoms with Gasteiger partial charge in [-0.15, -0.1) is 0 Å². The first-order chi connectivity index (χ1) is 8.70. The van der Waals surface area contributed by atoms with E-state index in [2.05, 4.69) is 0 Å². The molecule has 1 N–H and O–H groups in total. The van der Waals surface area contributed by atoms with Crippen molar-refractivity contribution < 1.29 is 9.90 Å². The normalized spacial score (nSPS) is 18.0. The Balaban J connectivity index is 2.36. The Morgan fingerprint density at radius 1 is 0.944 bits per heavy atom. The maximum absolute atomic E-state index is 12.3. The highest BCUT2D eigenvalue weighted by molar-refractivity contribution is 6.02. The summed E-state index contributed by atoms with van der Waals surface area (Å²) in [6.45, 7) is 0. The Hall–Kier alpha value is -2.13. The first kappa shape index (κ1) is 11.0. The van der Waals surface area contributed by atoms with Crippen LogP contribution >= 0.6 is 0 Å². The molecule has 1 amide bonds. The van der Waals surface area contributed by atoms with Gasteiger partial charge in [-0.3, -0.25) is 4.79 Å². The Morgan fingerprint density at radius 3 is 2.22 bits per heavy atom. The highest BCUT2D eigenvalue weighted by Gasteiger charge is 2.29. The van der Waals surface area contributed by atoms with Gasteiger partial charge in [0.05, 0.1) is 0 Å². The van der Waals surface area contributed by atoms with E-state index in [9.17, 15) is 9.90 Å². The minimum absolute atomic E-state index is 0.158. The second-order valence-electron chi connectivity index (χ2n) is 4.42. The zero-order chi connectivity index (χ0) is 12.7. The molecule has 90 valence electrons. The summed E-state index contributed by atoms with van der Waals surface area (Å²) in [6.07, 6.45) is -0.902. The largest absolute Gasteiger partial charge is 0.369 e. The Morgan fingerprint density at radius 2 is 1.50 bits per heavy atom. The van der Waals surface area contributed by atoms with Crippen LogP contribution in [0.3, 0.4) is 0 Å². The monoisotopic (exact) mass is 239 g/mol. The Kier molecular flexibility index (Phi) is 2.42. The van der Waals surface area contributed by atoms with Crippen LogP contribution in [-0.4, -0.2) is 23.0 Å². The number of rotatable bonds is 0. The van der Waals surface area contributed by atoms with E-state index in [4.69, 9.17) is 0 Å². The van der Waals surface area contributed by atoms with Crippen LogP contribution in [0, 0.1) is 0 Å². The summed E-state index contributed by atoms with van der Waals surface area (Å²) in [5, 5.41) is 10.3. The van der Waals surface area contributed by atoms with Gasteiger partial charge in [0.2, 0.25) is 0 Å². The minimum atomic E-state index is -0.902. The average Bonchev–Trinajstić information content (AvgIpc) is 2.51. The van der Waals surface area contributed by atoms with Gasteiger partial charge < -0.3 is 10.0 Å². The lowest BCUT2D eigenvalue weighted by atomic mass is 9.96. The SMILES string of the molecule is CN1C(=O)c2ccccc2-c2ccccc2C1O. The molecule has 1 atom stereocenters. The van der Waals surface area contributed by atoms with Crippen molar-refractivity contribution in [1.29, 1.82) is 0 Å². The maximum atomic E-state index is 12.3. The lowest BCUT2D eigenvalue weighted by Gasteiger charge is -2.22. The summed E-state index contributed by atoms with van der Waals surface area (Å²) in [5.74, 6) is -0.158. The zero-order valence-corrected chi connectivity index (χ0v) is 10.00. The number of hydrogen-bond acceptors (Lipinski definition) is 2. The number of aliphatic hydroxyl groups excluding tert-OH is 1. The van der Waals surface area contributed by atoms with Crippen molar-refractivity contribution in [3.63, 3.8) is 0 Å². The van der Waals surface area contributed by atoms with Crippen molar-refractivity contribution in [3.8, 4) is 11.1 Å². The fourth-order valence-electron chi connectivity index (χ4n) is 2.38. The third kappa shape index (κ3) is 1.45. The highest BCUT2D eigenvalue weighted by Crippen LogP contribution is 2.36. The molecule has 0 bridgehead atoms. The summed E-state index contributed by atoms with van der Waals surface area (Å²) < 4.78 is 0. The number of carbonyl (C=O) groups excluding carboxylic acids is 1. The van der Waals surface area contributed by atoms with E-state index in [1.54, 1.807) is 13.1 Å². The number of hydrogen-bond donors (Lipinski definition) is 1. The molecule has 3 rings (SSSR count). The Bertz CT molecular complexity index is 621. The van der Waals surface area contributed by atoms with Crippen LogP contribution in [0.1, 0.15) is 22.1 Å². The standard InChI is InChI=1S/C15H13NO2/c1-16-14(17)12-8-4-2-6-10(12)11-7-3-5-9-13(11)15(16)18/h2-9,14,17H,1H3. The molecule has 18 heavy (non-hydrogen) atoms. The van der Waals surface area contributed by atoms with Crippen LogP contribution in [0.5, 0.6) is 0 Å². The van der Waals surface area contributed by atoms with Gasteiger partial charge in [-0.2, -0.15) is 0 Å². The molecule has 3 heteroatoms. The van der Waals surface area contributed by atoms with Gasteiger partial charge in [-0.1, -0.05) is 42.5 Å². The van der Waals surface area contributed by atoms with Crippen molar-refractivity contribution in [1.82, 2.24) is 4.90 Å². The molecule has 0 aliphatic carbocycles. The van der Waals surface area contributed by atoms with Crippen LogP contribution in [0.25, 0.3) is 11.1 Å². The lowest BCUT2D eigenvalue weighted by Crippen LogP contribution is -2.29. The molecule has 0 aromatic heterocycles. The fourth-order valence-corrected chi connectivity index (χ4v) is 2.38. The van der Waals surface area contributed by atoms with Crippen LogP contribution in [-0.2, 0) is 0 Å². The van der Waals surface area contributed by atoms with Crippen LogP contribution < -0.4 is 0 Å². The van der Waals surface area contributed by atoms with Crippen molar-refractivity contribution in [2.45, 2.75) is 6.23 Å². The quantitative estimate of drug-likeness (QED) is 0.767. The number of amides is 1. The fraction of sp³-hybridized carbons (Fsp3) is 0.133. The van der Waals surface area contributed by atoms with Crippen LogP contribution in [0.15, 0.2) is 48.5 Å². The summed E-state index contributed by atoms with van der Waals surface area (Å²) in [7, 11) is 1.62. The van der Waals surface area contributed by atoms with E-state index in [1.807, 2.05) is 42.5 Å². The van der Waals surface area contributed by atoms with E-state index in [-0.39, 0.29) is 5.91 Å². The molecule has 0 saturated heterocycles. The van der Waals surface area contributed by atoms with Gasteiger partial charge in [-0.25, -0.2) is 0 Å². The predicted octanol–water partition coefficient (Wildman–Crippen LogP) is 2.43. The van der Waals surface area contributed by atoms with Gasteiger partial charge in [-0.05, 0) is 17.2 Å². The lowest BCUT2D eigenvalue weighted by molar-refractivity contribution is 0.0200. The molecule has 2 aromatic rings. The van der Waals surface area contributed by atoms with Crippen molar-refractivity contribution in [3.05, 3.63) is 59.7 Å². The van der Waals surface area contributed by atoms with E-state index >= 15 is 0 Å². The Labute approximate surface area is 105 Å². The maximum Gasteiger partial charge on any atom is 0.256 e. The van der Waals surface area contributed by atoms with Gasteiger partial charge in [0.1, 0.15) is 0 Å². The van der Waals surface area contributed by atoms with E-state index in [0.717, 1.165) is 16.7 Å². The second-order valence-corrected chi connectivity index (χ2v) is 4.42. The molecular weight excluding hydrogens is 226 g/mol. The smallest absolute Gasteiger partial charge is 0.256 e. The molecule has 1 heterocycles. The van der Waals surface area contributed by atoms with Gasteiger partial charge in [0.25, 0.3) is 5.91 Å². The molecule has 1 unspecified atom stereocenters. The van der Waals surface area contributed by atoms with E-state index < -0.39 is 6.23 Å². The molecule has 0 spiro atoms. The van der Waals surface area contributed by atoms with Gasteiger partial charge in [0, 0.05) is 18.2 Å². The molecule has 0 saturated carbocycles. The molecule has 3 nitrogen and oxygen atoms in total. The zero-order valence-electron chi connectivity index (χ0n) is 10.00. The second kappa shape index (κ2) is 3.96. The third-order valence-corrected chi connectivity index (χ3v) is 3.37. The molecular formula is C15H13NO2. The number of fused-ring (bicyclic) bond motifs is 3. The van der Waals surface area contributed by atoms with Gasteiger partial charge in [0.15, 0.2) is 6.23 Å². The molecule has 1 aliphatic heterocycles. The molecule has 1 aliphatic rings. The van der Waals surface area contributed by atoms with Crippen LogP contribution in [0.4, 0.5) is 0 Å². The minimum Gasteiger partial charge on any atom is -0.369 e. The summed E-state index contributed by atoms with van der Waals surface area (Å²) in [4.78, 5) is 13.6. The molecule has 2 aromatic carbocycles. The third-order valence-electron chi connectivity index (χ3n) is 3.37. The predicted molar refractivity (Wildman–Crippen MR) is 68.9 cm³/mol. The van der Waals surface area contributed by atoms with Crippen LogP contribution in [0.2, 0.25) is 0 Å². The van der Waals surface area contributed by atoms with Crippen molar-refractivity contribution >= 4 is 5.91 Å². The van der Waals surface area contributed by atoms with Gasteiger partial charge >= 0.3 is 0 Å². The first-order valence-corrected chi connectivity index (χ1v) is 5.83. The average molecular weight is 239 g/mol. The number of nitrogens with zero attached hydrogens (tertiary/aromatic N) is 1. The molecule has 0 radical (unpaired) electrons. The van der Waals surface area contributed by atoms with Crippen molar-refractivity contribution in [2.75, 3.05) is 7.05 Å². The number of benzene rings is 2. The number of aliphatic hydroxyl groups is 1. The number of carbonyl (C=O) groups is 1. The van der Waals surface area contributed by atoms with E-state index in [0.29, 0.717) is 5.56 Å².